The molecule has 6 aromatic carbocycles. The van der Waals surface area contributed by atoms with Gasteiger partial charge < -0.3 is 15.4 Å². The number of hydrogen-bond acceptors (Lipinski definition) is 5. The second kappa shape index (κ2) is 26.1. The lowest BCUT2D eigenvalue weighted by Gasteiger charge is -2.62. The predicted molar refractivity (Wildman–Crippen MR) is 283 cm³/mol. The highest BCUT2D eigenvalue weighted by Crippen LogP contribution is 2.62. The minimum absolute atomic E-state index is 0.0116. The fraction of sp³-hybridized carbons (Fsp3) is 0.390. The van der Waals surface area contributed by atoms with Crippen LogP contribution in [-0.2, 0) is 10.1 Å². The van der Waals surface area contributed by atoms with Crippen molar-refractivity contribution in [2.24, 2.45) is 22.7 Å². The molecule has 0 spiro atoms. The minimum atomic E-state index is -4.06. The number of nitrogens with one attached hydrogen (secondary N) is 2. The zero-order valence-corrected chi connectivity index (χ0v) is 43.4. The van der Waals surface area contributed by atoms with E-state index in [-0.39, 0.29) is 4.90 Å². The van der Waals surface area contributed by atoms with E-state index in [2.05, 4.69) is 167 Å². The van der Waals surface area contributed by atoms with Gasteiger partial charge in [0.1, 0.15) is 11.5 Å². The Morgan fingerprint density at radius 1 is 0.455 bits per heavy atom. The van der Waals surface area contributed by atoms with Gasteiger partial charge in [0.25, 0.3) is 10.1 Å². The maximum absolute atomic E-state index is 10.8. The topological polar surface area (TPSA) is 87.7 Å². The van der Waals surface area contributed by atoms with Gasteiger partial charge in [0.2, 0.25) is 0 Å². The molecule has 1 aliphatic rings. The van der Waals surface area contributed by atoms with Gasteiger partial charge in [0, 0.05) is 24.5 Å². The molecule has 0 bridgehead atoms. The summed E-state index contributed by atoms with van der Waals surface area (Å²) in [6.45, 7) is 32.3. The molecule has 6 aromatic rings. The average Bonchev–Trinajstić information content (AvgIpc) is 3.28. The van der Waals surface area contributed by atoms with Gasteiger partial charge in [-0.3, -0.25) is 4.55 Å². The summed E-state index contributed by atoms with van der Waals surface area (Å²) in [6.07, 6.45) is 3.67. The number of anilines is 2. The third-order valence-electron chi connectivity index (χ3n) is 13.2. The summed E-state index contributed by atoms with van der Waals surface area (Å²) in [5.41, 5.74) is 12.7. The molecule has 0 aliphatic heterocycles. The molecule has 0 unspecified atom stereocenters. The number of rotatable bonds is 11. The molecule has 1 fully saturated rings. The minimum Gasteiger partial charge on any atom is -0.457 e. The molecular weight excluding hydrogens is 833 g/mol. The van der Waals surface area contributed by atoms with E-state index in [1.807, 2.05) is 48.5 Å². The zero-order valence-electron chi connectivity index (χ0n) is 42.5. The number of unbranched alkanes of at least 4 members (excludes halogenated alkanes) is 2. The van der Waals surface area contributed by atoms with Gasteiger partial charge >= 0.3 is 0 Å². The highest BCUT2D eigenvalue weighted by atomic mass is 32.2. The molecule has 0 amide bonds. The Kier molecular flexibility index (Phi) is 21.7. The Labute approximate surface area is 400 Å². The zero-order chi connectivity index (χ0) is 49.1. The molecule has 0 saturated heterocycles. The molecule has 0 radical (unpaired) electrons. The second-order valence-corrected chi connectivity index (χ2v) is 20.7. The van der Waals surface area contributed by atoms with Crippen molar-refractivity contribution in [3.05, 3.63) is 184 Å². The second-order valence-electron chi connectivity index (χ2n) is 19.4. The SMILES string of the molecule is CC1C(C)(C)C(C)C1(C)C.Cc1ccc(C)c(S(=O)(=O)O)c1.Cc1ccc(C)cc1.Cc1ccc(NCCCCCNc2ccc(C)cc2)cc1.Cc1ccc(Oc2ccc(C)cc2)cc1. The first-order valence-electron chi connectivity index (χ1n) is 23.5. The summed E-state index contributed by atoms with van der Waals surface area (Å²) in [7, 11) is -4.06. The van der Waals surface area contributed by atoms with Crippen molar-refractivity contribution in [2.75, 3.05) is 23.7 Å². The van der Waals surface area contributed by atoms with Crippen LogP contribution in [-0.4, -0.2) is 26.1 Å². The van der Waals surface area contributed by atoms with Gasteiger partial charge in [-0.05, 0) is 163 Å². The number of ether oxygens (including phenoxy) is 1. The lowest BCUT2D eigenvalue weighted by molar-refractivity contribution is -0.141. The summed E-state index contributed by atoms with van der Waals surface area (Å²) >= 11 is 0. The van der Waals surface area contributed by atoms with Gasteiger partial charge in [0.15, 0.2) is 0 Å². The van der Waals surface area contributed by atoms with Crippen molar-refractivity contribution < 1.29 is 17.7 Å². The van der Waals surface area contributed by atoms with Gasteiger partial charge in [-0.15, -0.1) is 0 Å². The Bertz CT molecular complexity index is 2280. The lowest BCUT2D eigenvalue weighted by Crippen LogP contribution is -2.56. The van der Waals surface area contributed by atoms with E-state index in [0.29, 0.717) is 16.4 Å². The smallest absolute Gasteiger partial charge is 0.294 e. The molecule has 6 nitrogen and oxygen atoms in total. The molecule has 0 heterocycles. The van der Waals surface area contributed by atoms with Crippen molar-refractivity contribution in [3.63, 3.8) is 0 Å². The Hall–Kier alpha value is -5.37. The average molecular weight is 913 g/mol. The van der Waals surface area contributed by atoms with Crippen LogP contribution in [0.5, 0.6) is 11.5 Å². The summed E-state index contributed by atoms with van der Waals surface area (Å²) in [6, 6.07) is 46.7. The van der Waals surface area contributed by atoms with Crippen LogP contribution in [0.1, 0.15) is 105 Å². The Balaban J connectivity index is 0.000000228. The van der Waals surface area contributed by atoms with Crippen LogP contribution in [0.15, 0.2) is 144 Å². The van der Waals surface area contributed by atoms with Gasteiger partial charge in [-0.2, -0.15) is 8.42 Å². The predicted octanol–water partition coefficient (Wildman–Crippen LogP) is 16.3. The summed E-state index contributed by atoms with van der Waals surface area (Å²) in [4.78, 5) is -0.0116. The van der Waals surface area contributed by atoms with E-state index in [1.165, 1.54) is 70.1 Å². The van der Waals surface area contributed by atoms with Crippen LogP contribution in [0.2, 0.25) is 0 Å². The highest BCUT2D eigenvalue weighted by Gasteiger charge is 2.56. The van der Waals surface area contributed by atoms with Crippen molar-refractivity contribution >= 4 is 21.5 Å². The van der Waals surface area contributed by atoms with Gasteiger partial charge in [-0.25, -0.2) is 0 Å². The number of hydrogen-bond donors (Lipinski definition) is 3. The monoisotopic (exact) mass is 913 g/mol. The standard InChI is InChI=1S/C19H26N2.C14H14O.C10H20.C8H10O3S.C8H10/c1-16-6-10-18(11-7-16)20-14-4-3-5-15-21-19-12-8-17(2)9-13-19;1-11-3-7-13(8-4-11)15-14-9-5-12(2)6-10-14;1-7-9(3,4)8(2)10(7,5)6;1-6-3-4-7(2)8(5-6)12(9,10)11;1-7-3-5-8(2)6-4-7/h6-13,20-21H,3-5,14-15H2,1-2H3;3-10H,1-2H3;7-8H,1-6H3;3-5H,1-2H3,(H,9,10,11);3-6H,1-2H3. The molecule has 0 aromatic heterocycles. The molecule has 1 saturated carbocycles. The van der Waals surface area contributed by atoms with Crippen LogP contribution >= 0.6 is 0 Å². The van der Waals surface area contributed by atoms with Crippen LogP contribution in [0.3, 0.4) is 0 Å². The van der Waals surface area contributed by atoms with E-state index in [4.69, 9.17) is 9.29 Å². The van der Waals surface area contributed by atoms with Crippen molar-refractivity contribution in [2.45, 2.75) is 121 Å². The molecule has 7 rings (SSSR count). The molecular formula is C59H80N2O4S. The van der Waals surface area contributed by atoms with E-state index in [9.17, 15) is 8.42 Å². The van der Waals surface area contributed by atoms with Crippen molar-refractivity contribution in [1.29, 1.82) is 0 Å². The van der Waals surface area contributed by atoms with E-state index < -0.39 is 10.1 Å². The third-order valence-corrected chi connectivity index (χ3v) is 14.2. The van der Waals surface area contributed by atoms with Gasteiger partial charge in [0.05, 0.1) is 4.90 Å². The van der Waals surface area contributed by atoms with Crippen LogP contribution in [0, 0.1) is 78.1 Å². The van der Waals surface area contributed by atoms with E-state index in [1.54, 1.807) is 26.0 Å². The number of aryl methyl sites for hydroxylation is 8. The fourth-order valence-electron chi connectivity index (χ4n) is 7.78. The molecule has 3 N–H and O–H groups in total. The van der Waals surface area contributed by atoms with Crippen molar-refractivity contribution in [3.8, 4) is 11.5 Å². The van der Waals surface area contributed by atoms with Gasteiger partial charge in [-0.1, -0.05) is 160 Å². The van der Waals surface area contributed by atoms with Crippen LogP contribution < -0.4 is 15.4 Å². The fourth-order valence-corrected chi connectivity index (χ4v) is 8.59. The largest absolute Gasteiger partial charge is 0.457 e. The molecule has 66 heavy (non-hydrogen) atoms. The van der Waals surface area contributed by atoms with Crippen LogP contribution in [0.25, 0.3) is 0 Å². The molecule has 0 atom stereocenters. The molecule has 356 valence electrons. The normalized spacial score (nSPS) is 15.3. The highest BCUT2D eigenvalue weighted by molar-refractivity contribution is 7.85. The molecule has 7 heteroatoms. The summed E-state index contributed by atoms with van der Waals surface area (Å²) in [5.74, 6) is 3.50. The van der Waals surface area contributed by atoms with Crippen LogP contribution in [0.4, 0.5) is 11.4 Å². The van der Waals surface area contributed by atoms with E-state index in [0.717, 1.165) is 42.0 Å². The van der Waals surface area contributed by atoms with Crippen molar-refractivity contribution in [1.82, 2.24) is 0 Å². The number of benzene rings is 6. The first-order valence-corrected chi connectivity index (χ1v) is 24.9. The Morgan fingerprint density at radius 2 is 0.742 bits per heavy atom. The third kappa shape index (κ3) is 18.9. The maximum atomic E-state index is 10.8. The van der Waals surface area contributed by atoms with E-state index >= 15 is 0 Å². The first kappa shape index (κ1) is 55.0. The quantitative estimate of drug-likeness (QED) is 0.0887. The Morgan fingerprint density at radius 3 is 1.03 bits per heavy atom. The first-order chi connectivity index (χ1) is 31.0. The molecule has 1 aliphatic carbocycles. The summed E-state index contributed by atoms with van der Waals surface area (Å²) in [5, 5.41) is 6.93. The lowest BCUT2D eigenvalue weighted by atomic mass is 9.42. The maximum Gasteiger partial charge on any atom is 0.294 e. The summed E-state index contributed by atoms with van der Waals surface area (Å²) < 4.78 is 36.0.